The van der Waals surface area contributed by atoms with Crippen molar-refractivity contribution in [1.82, 2.24) is 0 Å². The number of hydrogen-bond donors (Lipinski definition) is 0. The normalized spacial score (nSPS) is 15.2. The lowest BCUT2D eigenvalue weighted by Crippen LogP contribution is -2.16. The van der Waals surface area contributed by atoms with Crippen LogP contribution in [0.15, 0.2) is 30.3 Å². The molecule has 0 radical (unpaired) electrons. The van der Waals surface area contributed by atoms with E-state index in [-0.39, 0.29) is 0 Å². The molecule has 0 unspecified atom stereocenters. The second kappa shape index (κ2) is 5.73. The van der Waals surface area contributed by atoms with E-state index in [0.29, 0.717) is 5.75 Å². The van der Waals surface area contributed by atoms with Gasteiger partial charge in [-0.3, -0.25) is 0 Å². The highest BCUT2D eigenvalue weighted by atomic mass is 16.7. The zero-order chi connectivity index (χ0) is 15.8. The van der Waals surface area contributed by atoms with Gasteiger partial charge in [-0.25, -0.2) is 4.79 Å². The molecule has 2 aliphatic carbocycles. The number of rotatable bonds is 2. The summed E-state index contributed by atoms with van der Waals surface area (Å²) >= 11 is 0. The average Bonchev–Trinajstić information content (AvgIpc) is 3.18. The van der Waals surface area contributed by atoms with E-state index in [1.54, 1.807) is 12.1 Å². The van der Waals surface area contributed by atoms with E-state index in [1.807, 2.05) is 19.1 Å². The molecule has 0 aliphatic heterocycles. The van der Waals surface area contributed by atoms with E-state index >= 15 is 0 Å². The first-order valence-corrected chi connectivity index (χ1v) is 8.33. The van der Waals surface area contributed by atoms with E-state index in [2.05, 4.69) is 6.07 Å². The quantitative estimate of drug-likeness (QED) is 0.603. The third-order valence-corrected chi connectivity index (χ3v) is 4.83. The minimum Gasteiger partial charge on any atom is -0.395 e. The predicted molar refractivity (Wildman–Crippen MR) is 88.3 cm³/mol. The van der Waals surface area contributed by atoms with Crippen LogP contribution >= 0.6 is 0 Å². The third kappa shape index (κ3) is 2.72. The van der Waals surface area contributed by atoms with Gasteiger partial charge in [0.05, 0.1) is 0 Å². The molecule has 0 saturated heterocycles. The average molecular weight is 308 g/mol. The van der Waals surface area contributed by atoms with Crippen molar-refractivity contribution < 1.29 is 14.3 Å². The summed E-state index contributed by atoms with van der Waals surface area (Å²) in [5.41, 5.74) is 6.26. The molecule has 0 aromatic heterocycles. The van der Waals surface area contributed by atoms with Gasteiger partial charge in [0.15, 0.2) is 0 Å². The molecule has 0 bridgehead atoms. The fourth-order valence-electron chi connectivity index (χ4n) is 3.69. The van der Waals surface area contributed by atoms with Crippen molar-refractivity contribution in [2.45, 2.75) is 45.4 Å². The highest BCUT2D eigenvalue weighted by Gasteiger charge is 2.27. The van der Waals surface area contributed by atoms with Crippen LogP contribution < -0.4 is 9.47 Å². The fraction of sp³-hybridized carbons (Fsp3) is 0.350. The van der Waals surface area contributed by atoms with Crippen LogP contribution in [-0.2, 0) is 25.7 Å². The van der Waals surface area contributed by atoms with E-state index < -0.39 is 6.16 Å². The molecule has 2 aromatic carbocycles. The number of fused-ring (bicyclic) bond motifs is 2. The van der Waals surface area contributed by atoms with Gasteiger partial charge in [0.25, 0.3) is 0 Å². The lowest BCUT2D eigenvalue weighted by Gasteiger charge is -2.14. The van der Waals surface area contributed by atoms with Crippen molar-refractivity contribution in [3.8, 4) is 11.5 Å². The highest BCUT2D eigenvalue weighted by molar-refractivity contribution is 5.70. The first-order valence-electron chi connectivity index (χ1n) is 8.33. The molecule has 2 aliphatic rings. The molecule has 0 saturated carbocycles. The standard InChI is InChI=1S/C20H20O3/c1-13-8-10-16(11-9-13)22-20(21)23-19-17-6-2-4-14(17)12-15-5-3-7-18(15)19/h8-12H,2-7H2,1H3. The number of benzene rings is 2. The monoisotopic (exact) mass is 308 g/mol. The number of carbonyl (C=O) groups is 1. The molecule has 3 heteroatoms. The van der Waals surface area contributed by atoms with E-state index in [0.717, 1.165) is 49.8 Å². The number of carbonyl (C=O) groups excluding carboxylic acids is 1. The van der Waals surface area contributed by atoms with E-state index in [4.69, 9.17) is 9.47 Å². The molecular weight excluding hydrogens is 288 g/mol. The van der Waals surface area contributed by atoms with Crippen molar-refractivity contribution in [3.05, 3.63) is 58.1 Å². The molecule has 4 rings (SSSR count). The van der Waals surface area contributed by atoms with Crippen molar-refractivity contribution in [2.24, 2.45) is 0 Å². The van der Waals surface area contributed by atoms with Crippen LogP contribution in [0.3, 0.4) is 0 Å². The van der Waals surface area contributed by atoms with Gasteiger partial charge in [-0.2, -0.15) is 0 Å². The van der Waals surface area contributed by atoms with E-state index in [9.17, 15) is 4.79 Å². The summed E-state index contributed by atoms with van der Waals surface area (Å²) < 4.78 is 11.0. The summed E-state index contributed by atoms with van der Waals surface area (Å²) in [4.78, 5) is 12.2. The Kier molecular flexibility index (Phi) is 3.56. The van der Waals surface area contributed by atoms with Crippen molar-refractivity contribution in [3.63, 3.8) is 0 Å². The van der Waals surface area contributed by atoms with Crippen molar-refractivity contribution >= 4 is 6.16 Å². The Labute approximate surface area is 136 Å². The Bertz CT molecular complexity index is 727. The maximum Gasteiger partial charge on any atom is 0.519 e. The van der Waals surface area contributed by atoms with Gasteiger partial charge < -0.3 is 9.47 Å². The van der Waals surface area contributed by atoms with Gasteiger partial charge in [0.1, 0.15) is 11.5 Å². The van der Waals surface area contributed by atoms with Crippen LogP contribution in [0.25, 0.3) is 0 Å². The highest BCUT2D eigenvalue weighted by Crippen LogP contribution is 2.40. The van der Waals surface area contributed by atoms with Crippen molar-refractivity contribution in [1.29, 1.82) is 0 Å². The molecule has 118 valence electrons. The minimum atomic E-state index is -0.636. The Morgan fingerprint density at radius 3 is 2.09 bits per heavy atom. The first-order chi connectivity index (χ1) is 11.2. The second-order valence-corrected chi connectivity index (χ2v) is 6.46. The topological polar surface area (TPSA) is 35.5 Å². The molecule has 0 heterocycles. The summed E-state index contributed by atoms with van der Waals surface area (Å²) in [7, 11) is 0. The maximum atomic E-state index is 12.2. The summed E-state index contributed by atoms with van der Waals surface area (Å²) in [6, 6.07) is 9.73. The van der Waals surface area contributed by atoms with Crippen molar-refractivity contribution in [2.75, 3.05) is 0 Å². The summed E-state index contributed by atoms with van der Waals surface area (Å²) in [6.45, 7) is 2.00. The smallest absolute Gasteiger partial charge is 0.395 e. The lowest BCUT2D eigenvalue weighted by molar-refractivity contribution is 0.151. The second-order valence-electron chi connectivity index (χ2n) is 6.46. The zero-order valence-electron chi connectivity index (χ0n) is 13.4. The van der Waals surface area contributed by atoms with Crippen LogP contribution in [0.4, 0.5) is 4.79 Å². The molecule has 0 N–H and O–H groups in total. The largest absolute Gasteiger partial charge is 0.519 e. The number of ether oxygens (including phenoxy) is 2. The fourth-order valence-corrected chi connectivity index (χ4v) is 3.69. The van der Waals surface area contributed by atoms with Crippen LogP contribution in [0.5, 0.6) is 11.5 Å². The molecule has 2 aromatic rings. The van der Waals surface area contributed by atoms with Crippen LogP contribution in [0.1, 0.15) is 40.7 Å². The molecule has 0 spiro atoms. The Hall–Kier alpha value is -2.29. The van der Waals surface area contributed by atoms with Crippen LogP contribution in [-0.4, -0.2) is 6.16 Å². The third-order valence-electron chi connectivity index (χ3n) is 4.83. The van der Waals surface area contributed by atoms with Crippen LogP contribution in [0.2, 0.25) is 0 Å². The molecule has 0 amide bonds. The van der Waals surface area contributed by atoms with Crippen LogP contribution in [0, 0.1) is 6.92 Å². The number of hydrogen-bond acceptors (Lipinski definition) is 3. The Morgan fingerprint density at radius 1 is 0.870 bits per heavy atom. The molecule has 3 nitrogen and oxygen atoms in total. The molecule has 23 heavy (non-hydrogen) atoms. The Morgan fingerprint density at radius 2 is 1.48 bits per heavy atom. The SMILES string of the molecule is Cc1ccc(OC(=O)Oc2c3c(cc4c2CCC4)CCC3)cc1. The van der Waals surface area contributed by atoms with Gasteiger partial charge in [-0.05, 0) is 79.8 Å². The van der Waals surface area contributed by atoms with Gasteiger partial charge in [0, 0.05) is 0 Å². The predicted octanol–water partition coefficient (Wildman–Crippen LogP) is 4.55. The van der Waals surface area contributed by atoms with Gasteiger partial charge in [-0.15, -0.1) is 0 Å². The molecule has 0 atom stereocenters. The first kappa shape index (κ1) is 14.3. The Balaban J connectivity index is 1.59. The van der Waals surface area contributed by atoms with Gasteiger partial charge in [-0.1, -0.05) is 23.8 Å². The summed E-state index contributed by atoms with van der Waals surface area (Å²) in [5.74, 6) is 1.30. The van der Waals surface area contributed by atoms with Gasteiger partial charge in [0.2, 0.25) is 0 Å². The minimum absolute atomic E-state index is 0.518. The lowest BCUT2D eigenvalue weighted by atomic mass is 10.0. The zero-order valence-corrected chi connectivity index (χ0v) is 13.4. The number of aryl methyl sites for hydroxylation is 3. The maximum absolute atomic E-state index is 12.2. The van der Waals surface area contributed by atoms with Gasteiger partial charge >= 0.3 is 6.16 Å². The summed E-state index contributed by atoms with van der Waals surface area (Å²) in [6.07, 6.45) is 5.82. The summed E-state index contributed by atoms with van der Waals surface area (Å²) in [5, 5.41) is 0. The van der Waals surface area contributed by atoms with E-state index in [1.165, 1.54) is 22.3 Å². The molecular formula is C20H20O3. The molecule has 0 fully saturated rings.